The SMILES string of the molecule is CC1(C)CC(N)CC(C)(C)[N+]1=O. The molecule has 3 heteroatoms. The molecule has 0 aliphatic carbocycles. The smallest absolute Gasteiger partial charge is 0.207 e. The molecule has 0 amide bonds. The first-order valence-electron chi connectivity index (χ1n) is 4.49. The summed E-state index contributed by atoms with van der Waals surface area (Å²) in [4.78, 5) is 11.8. The fourth-order valence-corrected chi connectivity index (χ4v) is 2.34. The molecule has 0 aromatic heterocycles. The fraction of sp³-hybridized carbons (Fsp3) is 1.00. The van der Waals surface area contributed by atoms with Gasteiger partial charge in [-0.3, -0.25) is 0 Å². The maximum absolute atomic E-state index is 11.8. The third-order valence-electron chi connectivity index (χ3n) is 2.62. The Labute approximate surface area is 73.9 Å². The van der Waals surface area contributed by atoms with Gasteiger partial charge in [-0.2, -0.15) is 0 Å². The Morgan fingerprint density at radius 1 is 1.17 bits per heavy atom. The number of piperidine rings is 1. The second-order valence-electron chi connectivity index (χ2n) is 5.09. The molecule has 1 fully saturated rings. The quantitative estimate of drug-likeness (QED) is 0.561. The van der Waals surface area contributed by atoms with E-state index in [2.05, 4.69) is 0 Å². The summed E-state index contributed by atoms with van der Waals surface area (Å²) in [5.74, 6) is 0. The summed E-state index contributed by atoms with van der Waals surface area (Å²) < 4.78 is 1.20. The van der Waals surface area contributed by atoms with Gasteiger partial charge in [0.25, 0.3) is 0 Å². The zero-order valence-corrected chi connectivity index (χ0v) is 8.42. The number of rotatable bonds is 0. The van der Waals surface area contributed by atoms with Crippen LogP contribution < -0.4 is 5.73 Å². The van der Waals surface area contributed by atoms with Gasteiger partial charge in [0.15, 0.2) is 0 Å². The van der Waals surface area contributed by atoms with Gasteiger partial charge in [-0.1, -0.05) is 0 Å². The normalized spacial score (nSPS) is 28.9. The second-order valence-corrected chi connectivity index (χ2v) is 5.09. The van der Waals surface area contributed by atoms with E-state index < -0.39 is 0 Å². The highest BCUT2D eigenvalue weighted by Crippen LogP contribution is 2.33. The van der Waals surface area contributed by atoms with E-state index in [1.165, 1.54) is 4.76 Å². The minimum atomic E-state index is -0.304. The van der Waals surface area contributed by atoms with Gasteiger partial charge in [0.2, 0.25) is 11.1 Å². The Morgan fingerprint density at radius 3 is 1.83 bits per heavy atom. The van der Waals surface area contributed by atoms with E-state index in [1.807, 2.05) is 27.7 Å². The Kier molecular flexibility index (Phi) is 2.03. The van der Waals surface area contributed by atoms with Gasteiger partial charge < -0.3 is 5.73 Å². The van der Waals surface area contributed by atoms with Gasteiger partial charge >= 0.3 is 0 Å². The number of hydrogen-bond donors (Lipinski definition) is 1. The first-order chi connectivity index (χ1) is 5.26. The topological polar surface area (TPSA) is 46.1 Å². The molecule has 0 bridgehead atoms. The average molecular weight is 171 g/mol. The molecule has 1 aliphatic heterocycles. The summed E-state index contributed by atoms with van der Waals surface area (Å²) in [6, 6.07) is 0.167. The first kappa shape index (κ1) is 9.65. The van der Waals surface area contributed by atoms with Crippen molar-refractivity contribution in [1.82, 2.24) is 0 Å². The Morgan fingerprint density at radius 2 is 1.50 bits per heavy atom. The van der Waals surface area contributed by atoms with Gasteiger partial charge in [0.05, 0.1) is 0 Å². The highest BCUT2D eigenvalue weighted by atomic mass is 16.3. The van der Waals surface area contributed by atoms with Gasteiger partial charge in [0, 0.05) is 56.2 Å². The molecule has 1 aliphatic rings. The molecule has 0 saturated carbocycles. The minimum absolute atomic E-state index is 0.167. The zero-order chi connectivity index (χ0) is 9.57. The molecule has 0 aromatic rings. The van der Waals surface area contributed by atoms with Crippen LogP contribution in [-0.4, -0.2) is 21.9 Å². The van der Waals surface area contributed by atoms with E-state index in [1.54, 1.807) is 0 Å². The van der Waals surface area contributed by atoms with Crippen molar-refractivity contribution in [2.45, 2.75) is 57.7 Å². The maximum Gasteiger partial charge on any atom is 0.207 e. The third-order valence-corrected chi connectivity index (χ3v) is 2.62. The Hall–Kier alpha value is -0.440. The molecule has 1 saturated heterocycles. The van der Waals surface area contributed by atoms with Crippen LogP contribution in [0, 0.1) is 4.91 Å². The summed E-state index contributed by atoms with van der Waals surface area (Å²) in [6.07, 6.45) is 1.58. The standard InChI is InChI=1S/C9H19N2O/c1-8(2)5-7(10)6-9(3,4)11(8)12/h7H,5-6,10H2,1-4H3/q+1. The lowest BCUT2D eigenvalue weighted by atomic mass is 9.80. The van der Waals surface area contributed by atoms with Crippen LogP contribution in [0.4, 0.5) is 0 Å². The Balaban J connectivity index is 2.91. The molecule has 0 radical (unpaired) electrons. The van der Waals surface area contributed by atoms with Crippen LogP contribution in [0.3, 0.4) is 0 Å². The van der Waals surface area contributed by atoms with Crippen molar-refractivity contribution >= 4 is 0 Å². The van der Waals surface area contributed by atoms with Crippen molar-refractivity contribution in [1.29, 1.82) is 0 Å². The predicted octanol–water partition coefficient (Wildman–Crippen LogP) is 1.44. The van der Waals surface area contributed by atoms with Crippen molar-refractivity contribution in [2.24, 2.45) is 5.73 Å². The molecule has 3 nitrogen and oxygen atoms in total. The summed E-state index contributed by atoms with van der Waals surface area (Å²) in [5, 5.41) is 0. The monoisotopic (exact) mass is 171 g/mol. The van der Waals surface area contributed by atoms with E-state index in [9.17, 15) is 4.91 Å². The molecule has 0 atom stereocenters. The van der Waals surface area contributed by atoms with Crippen LogP contribution in [-0.2, 0) is 0 Å². The van der Waals surface area contributed by atoms with E-state index in [0.717, 1.165) is 12.8 Å². The van der Waals surface area contributed by atoms with Crippen molar-refractivity contribution in [2.75, 3.05) is 0 Å². The summed E-state index contributed by atoms with van der Waals surface area (Å²) in [7, 11) is 0. The average Bonchev–Trinajstić information content (AvgIpc) is 1.80. The molecule has 2 N–H and O–H groups in total. The second kappa shape index (κ2) is 2.52. The van der Waals surface area contributed by atoms with Gasteiger partial charge in [-0.05, 0) is 0 Å². The molecule has 70 valence electrons. The van der Waals surface area contributed by atoms with E-state index in [0.29, 0.717) is 0 Å². The lowest BCUT2D eigenvalue weighted by Crippen LogP contribution is -2.57. The zero-order valence-electron chi connectivity index (χ0n) is 8.42. The summed E-state index contributed by atoms with van der Waals surface area (Å²) in [6.45, 7) is 7.84. The van der Waals surface area contributed by atoms with E-state index >= 15 is 0 Å². The van der Waals surface area contributed by atoms with Gasteiger partial charge in [-0.25, -0.2) is 0 Å². The summed E-state index contributed by atoms with van der Waals surface area (Å²) in [5.41, 5.74) is 5.27. The van der Waals surface area contributed by atoms with Crippen molar-refractivity contribution in [3.05, 3.63) is 4.91 Å². The highest BCUT2D eigenvalue weighted by Gasteiger charge is 2.52. The molecule has 0 aromatic carbocycles. The van der Waals surface area contributed by atoms with Crippen LogP contribution in [0.15, 0.2) is 0 Å². The number of nitroso groups, excluding NO2 is 1. The lowest BCUT2D eigenvalue weighted by Gasteiger charge is -2.34. The molecule has 12 heavy (non-hydrogen) atoms. The van der Waals surface area contributed by atoms with Crippen LogP contribution in [0.25, 0.3) is 0 Å². The molecule has 1 rings (SSSR count). The third kappa shape index (κ3) is 1.51. The van der Waals surface area contributed by atoms with E-state index in [-0.39, 0.29) is 17.1 Å². The van der Waals surface area contributed by atoms with Crippen LogP contribution in [0.2, 0.25) is 0 Å². The molecule has 1 heterocycles. The van der Waals surface area contributed by atoms with Crippen LogP contribution in [0.1, 0.15) is 40.5 Å². The fourth-order valence-electron chi connectivity index (χ4n) is 2.34. The molecular weight excluding hydrogens is 152 g/mol. The Bertz CT molecular complexity index is 189. The number of nitrogens with zero attached hydrogens (tertiary/aromatic N) is 1. The lowest BCUT2D eigenvalue weighted by molar-refractivity contribution is -0.692. The van der Waals surface area contributed by atoms with E-state index in [4.69, 9.17) is 5.73 Å². The molecule has 0 unspecified atom stereocenters. The van der Waals surface area contributed by atoms with Crippen molar-refractivity contribution in [3.63, 3.8) is 0 Å². The predicted molar refractivity (Wildman–Crippen MR) is 49.0 cm³/mol. The first-order valence-corrected chi connectivity index (χ1v) is 4.49. The molecule has 0 spiro atoms. The van der Waals surface area contributed by atoms with Gasteiger partial charge in [0.1, 0.15) is 0 Å². The minimum Gasteiger partial charge on any atom is -0.327 e. The largest absolute Gasteiger partial charge is 0.327 e. The van der Waals surface area contributed by atoms with Crippen molar-refractivity contribution < 1.29 is 4.76 Å². The van der Waals surface area contributed by atoms with Crippen LogP contribution in [0.5, 0.6) is 0 Å². The number of hydrogen-bond acceptors (Lipinski definition) is 2. The summed E-state index contributed by atoms with van der Waals surface area (Å²) >= 11 is 0. The number of nitrogens with two attached hydrogens (primary N) is 1. The molecular formula is C9H19N2O+. The van der Waals surface area contributed by atoms with Crippen molar-refractivity contribution in [3.8, 4) is 0 Å². The van der Waals surface area contributed by atoms with Crippen LogP contribution >= 0.6 is 0 Å². The highest BCUT2D eigenvalue weighted by molar-refractivity contribution is 4.87. The van der Waals surface area contributed by atoms with Gasteiger partial charge in [-0.15, -0.1) is 0 Å². The maximum atomic E-state index is 11.8.